The monoisotopic (exact) mass is 470 g/mol. The van der Waals surface area contributed by atoms with Gasteiger partial charge in [0.15, 0.2) is 11.0 Å². The minimum Gasteiger partial charge on any atom is -0.418 e. The van der Waals surface area contributed by atoms with Gasteiger partial charge in [0.2, 0.25) is 0 Å². The van der Waals surface area contributed by atoms with Crippen LogP contribution in [-0.4, -0.2) is 11.8 Å². The number of fused-ring (bicyclic) bond motifs is 1. The molecule has 0 saturated carbocycles. The van der Waals surface area contributed by atoms with Crippen LogP contribution in [0, 0.1) is 0 Å². The molecule has 3 aromatic carbocycles. The van der Waals surface area contributed by atoms with Gasteiger partial charge in [-0.05, 0) is 58.4 Å². The quantitative estimate of drug-likeness (QED) is 0.161. The van der Waals surface area contributed by atoms with Crippen LogP contribution in [0.15, 0.2) is 79.1 Å². The highest BCUT2D eigenvalue weighted by molar-refractivity contribution is 6.50. The second kappa shape index (κ2) is 9.28. The van der Waals surface area contributed by atoms with E-state index in [1.54, 1.807) is 0 Å². The zero-order chi connectivity index (χ0) is 25.3. The molecule has 180 valence electrons. The normalized spacial score (nSPS) is 12.4. The summed E-state index contributed by atoms with van der Waals surface area (Å²) in [5.74, 6) is 0. The number of benzene rings is 3. The first-order valence-corrected chi connectivity index (χ1v) is 11.3. The van der Waals surface area contributed by atoms with Gasteiger partial charge in [0.05, 0.1) is 0 Å². The molecule has 0 aliphatic carbocycles. The molecular formula is C27H31BF4N2. The average molecular weight is 470 g/mol. The van der Waals surface area contributed by atoms with E-state index in [1.807, 2.05) is 0 Å². The largest absolute Gasteiger partial charge is 0.673 e. The van der Waals surface area contributed by atoms with E-state index >= 15 is 0 Å². The number of aromatic nitrogens is 2. The van der Waals surface area contributed by atoms with E-state index in [0.29, 0.717) is 0 Å². The molecule has 0 bridgehead atoms. The van der Waals surface area contributed by atoms with Crippen molar-refractivity contribution in [3.05, 3.63) is 90.3 Å². The van der Waals surface area contributed by atoms with Gasteiger partial charge in [-0.3, -0.25) is 0 Å². The molecule has 0 aliphatic rings. The summed E-state index contributed by atoms with van der Waals surface area (Å²) in [7, 11) is -6.00. The maximum Gasteiger partial charge on any atom is 0.673 e. The average Bonchev–Trinajstić information content (AvgIpc) is 3.11. The van der Waals surface area contributed by atoms with Gasteiger partial charge in [-0.2, -0.15) is 9.13 Å². The van der Waals surface area contributed by atoms with Gasteiger partial charge in [0.1, 0.15) is 11.4 Å². The number of nitrogens with zero attached hydrogens (tertiary/aromatic N) is 2. The lowest BCUT2D eigenvalue weighted by Gasteiger charge is -2.18. The first-order valence-electron chi connectivity index (χ1n) is 11.3. The second-order valence-electron chi connectivity index (χ2n) is 10.4. The molecule has 0 atom stereocenters. The topological polar surface area (TPSA) is 8.81 Å². The Hall–Kier alpha value is -3.09. The van der Waals surface area contributed by atoms with Gasteiger partial charge in [0, 0.05) is 0 Å². The van der Waals surface area contributed by atoms with Crippen LogP contribution in [-0.2, 0) is 10.8 Å². The molecule has 2 nitrogen and oxygen atoms in total. The predicted molar refractivity (Wildman–Crippen MR) is 132 cm³/mol. The fourth-order valence-electron chi connectivity index (χ4n) is 3.77. The van der Waals surface area contributed by atoms with Gasteiger partial charge in [0.25, 0.3) is 6.33 Å². The highest BCUT2D eigenvalue weighted by Gasteiger charge is 2.21. The van der Waals surface area contributed by atoms with Gasteiger partial charge >= 0.3 is 7.25 Å². The Kier molecular flexibility index (Phi) is 6.97. The molecule has 4 aromatic rings. The lowest BCUT2D eigenvalue weighted by molar-refractivity contribution is -0.567. The van der Waals surface area contributed by atoms with Crippen LogP contribution < -0.4 is 4.57 Å². The maximum absolute atomic E-state index is 9.75. The summed E-state index contributed by atoms with van der Waals surface area (Å²) in [6, 6.07) is 26.4. The molecule has 0 aliphatic heterocycles. The van der Waals surface area contributed by atoms with Crippen molar-refractivity contribution < 1.29 is 21.8 Å². The molecular weight excluding hydrogens is 439 g/mol. The number of para-hydroxylation sites is 2. The Morgan fingerprint density at radius 2 is 1.09 bits per heavy atom. The Balaban J connectivity index is 0.000000588. The summed E-state index contributed by atoms with van der Waals surface area (Å²) in [6.45, 7) is 13.5. The van der Waals surface area contributed by atoms with E-state index in [0.717, 1.165) is 0 Å². The Bertz CT molecular complexity index is 1150. The van der Waals surface area contributed by atoms with Crippen molar-refractivity contribution in [2.75, 3.05) is 0 Å². The van der Waals surface area contributed by atoms with Crippen molar-refractivity contribution in [1.29, 1.82) is 0 Å². The van der Waals surface area contributed by atoms with Crippen LogP contribution in [0.3, 0.4) is 0 Å². The summed E-state index contributed by atoms with van der Waals surface area (Å²) in [5.41, 5.74) is 7.79. The van der Waals surface area contributed by atoms with Crippen molar-refractivity contribution in [2.45, 2.75) is 52.4 Å². The SMILES string of the molecule is CC(C)(C)c1ccc(-n2c[n+](-c3ccc(C(C)(C)C)cc3)c3ccccc32)cc1.F[B-](F)(F)F. The van der Waals surface area contributed by atoms with Crippen LogP contribution >= 0.6 is 0 Å². The fourth-order valence-corrected chi connectivity index (χ4v) is 3.77. The lowest BCUT2D eigenvalue weighted by atomic mass is 9.87. The molecule has 0 radical (unpaired) electrons. The van der Waals surface area contributed by atoms with E-state index in [2.05, 4.69) is 130 Å². The van der Waals surface area contributed by atoms with Crippen LogP contribution in [0.4, 0.5) is 17.3 Å². The van der Waals surface area contributed by atoms with Gasteiger partial charge in [-0.15, -0.1) is 0 Å². The maximum atomic E-state index is 9.75. The summed E-state index contributed by atoms with van der Waals surface area (Å²) in [5, 5.41) is 0. The van der Waals surface area contributed by atoms with E-state index in [-0.39, 0.29) is 10.8 Å². The predicted octanol–water partition coefficient (Wildman–Crippen LogP) is 7.80. The first-order chi connectivity index (χ1) is 15.6. The third-order valence-corrected chi connectivity index (χ3v) is 5.65. The van der Waals surface area contributed by atoms with Crippen molar-refractivity contribution in [3.63, 3.8) is 0 Å². The number of halogens is 4. The minimum atomic E-state index is -6.00. The molecule has 0 amide bonds. The second-order valence-corrected chi connectivity index (χ2v) is 10.4. The van der Waals surface area contributed by atoms with Crippen molar-refractivity contribution >= 4 is 18.3 Å². The molecule has 7 heteroatoms. The van der Waals surface area contributed by atoms with Gasteiger partial charge in [-0.25, -0.2) is 0 Å². The molecule has 0 N–H and O–H groups in total. The van der Waals surface area contributed by atoms with Crippen molar-refractivity contribution in [2.24, 2.45) is 0 Å². The molecule has 0 spiro atoms. The fraction of sp³-hybridized carbons (Fsp3) is 0.296. The van der Waals surface area contributed by atoms with Crippen molar-refractivity contribution in [1.82, 2.24) is 4.57 Å². The number of imidazole rings is 1. The first kappa shape index (κ1) is 25.5. The molecule has 4 rings (SSSR count). The highest BCUT2D eigenvalue weighted by Crippen LogP contribution is 2.26. The van der Waals surface area contributed by atoms with Crippen LogP contribution in [0.25, 0.3) is 22.4 Å². The number of hydrogen-bond acceptors (Lipinski definition) is 0. The highest BCUT2D eigenvalue weighted by atomic mass is 19.5. The smallest absolute Gasteiger partial charge is 0.418 e. The lowest BCUT2D eigenvalue weighted by Crippen LogP contribution is -2.29. The number of hydrogen-bond donors (Lipinski definition) is 0. The standard InChI is InChI=1S/C27H31N2.BF4/c1-26(2,3)20-11-15-22(16-12-20)28-19-29(25-10-8-7-9-24(25)28)23-17-13-21(14-18-23)27(4,5)6;2-1(3,4)5/h7-19H,1-6H3;/q+1;-1. The van der Waals surface area contributed by atoms with Gasteiger partial charge in [-0.1, -0.05) is 77.9 Å². The van der Waals surface area contributed by atoms with E-state index < -0.39 is 7.25 Å². The molecule has 1 aromatic heterocycles. The zero-order valence-electron chi connectivity index (χ0n) is 20.5. The molecule has 1 heterocycles. The summed E-state index contributed by atoms with van der Waals surface area (Å²) in [4.78, 5) is 0. The molecule has 0 saturated heterocycles. The van der Waals surface area contributed by atoms with E-state index in [1.165, 1.54) is 33.5 Å². The van der Waals surface area contributed by atoms with E-state index in [9.17, 15) is 17.3 Å². The number of rotatable bonds is 2. The zero-order valence-corrected chi connectivity index (χ0v) is 20.5. The molecule has 0 unspecified atom stereocenters. The van der Waals surface area contributed by atoms with Crippen molar-refractivity contribution in [3.8, 4) is 11.4 Å². The van der Waals surface area contributed by atoms with Crippen LogP contribution in [0.5, 0.6) is 0 Å². The summed E-state index contributed by atoms with van der Waals surface area (Å²) < 4.78 is 43.6. The van der Waals surface area contributed by atoms with Crippen LogP contribution in [0.2, 0.25) is 0 Å². The third kappa shape index (κ3) is 6.28. The Morgan fingerprint density at radius 1 is 0.647 bits per heavy atom. The molecule has 34 heavy (non-hydrogen) atoms. The van der Waals surface area contributed by atoms with E-state index in [4.69, 9.17) is 0 Å². The molecule has 0 fully saturated rings. The Labute approximate surface area is 199 Å². The summed E-state index contributed by atoms with van der Waals surface area (Å²) in [6.07, 6.45) is 2.20. The Morgan fingerprint density at radius 3 is 1.56 bits per heavy atom. The van der Waals surface area contributed by atoms with Crippen LogP contribution in [0.1, 0.15) is 52.7 Å². The minimum absolute atomic E-state index is 0.159. The van der Waals surface area contributed by atoms with Gasteiger partial charge < -0.3 is 17.3 Å². The summed E-state index contributed by atoms with van der Waals surface area (Å²) >= 11 is 0. The third-order valence-electron chi connectivity index (χ3n) is 5.65.